The minimum absolute atomic E-state index is 0.124. The lowest BCUT2D eigenvalue weighted by Crippen LogP contribution is -2.31. The molecule has 1 aromatic heterocycles. The fourth-order valence-corrected chi connectivity index (χ4v) is 3.18. The van der Waals surface area contributed by atoms with E-state index in [1.807, 2.05) is 18.2 Å². The number of hydrogen-bond donors (Lipinski definition) is 1. The second-order valence-corrected chi connectivity index (χ2v) is 6.91. The molecule has 0 aliphatic carbocycles. The van der Waals surface area contributed by atoms with Crippen LogP contribution in [0, 0.1) is 0 Å². The highest BCUT2D eigenvalue weighted by molar-refractivity contribution is 7.10. The molecule has 1 aromatic carbocycles. The molecular formula is C15H17Cl2NS. The number of benzene rings is 1. The van der Waals surface area contributed by atoms with Gasteiger partial charge in [0.25, 0.3) is 0 Å². The van der Waals surface area contributed by atoms with Crippen molar-refractivity contribution in [2.45, 2.75) is 25.8 Å². The quantitative estimate of drug-likeness (QED) is 0.807. The van der Waals surface area contributed by atoms with Crippen molar-refractivity contribution in [1.29, 1.82) is 0 Å². The van der Waals surface area contributed by atoms with E-state index in [1.54, 1.807) is 11.3 Å². The molecule has 0 bridgehead atoms. The topological polar surface area (TPSA) is 12.0 Å². The standard InChI is InChI=1S/C15H17Cl2NS/c1-15(2,13-7-4-8-19-13)10-18-9-11-5-3-6-12(16)14(11)17/h3-8,18H,9-10H2,1-2H3. The van der Waals surface area contributed by atoms with Crippen LogP contribution in [0.5, 0.6) is 0 Å². The summed E-state index contributed by atoms with van der Waals surface area (Å²) in [5.41, 5.74) is 1.16. The normalized spacial score (nSPS) is 11.8. The molecule has 1 heterocycles. The number of thiophene rings is 1. The van der Waals surface area contributed by atoms with E-state index >= 15 is 0 Å². The third-order valence-electron chi connectivity index (χ3n) is 3.10. The molecule has 1 N–H and O–H groups in total. The van der Waals surface area contributed by atoms with E-state index in [1.165, 1.54) is 4.88 Å². The highest BCUT2D eigenvalue weighted by Gasteiger charge is 2.21. The summed E-state index contributed by atoms with van der Waals surface area (Å²) in [6, 6.07) is 10.0. The maximum Gasteiger partial charge on any atom is 0.0637 e. The van der Waals surface area contributed by atoms with E-state index in [0.29, 0.717) is 10.0 Å². The van der Waals surface area contributed by atoms with Crippen LogP contribution in [0.4, 0.5) is 0 Å². The Labute approximate surface area is 128 Å². The summed E-state index contributed by atoms with van der Waals surface area (Å²) in [4.78, 5) is 1.39. The third-order valence-corrected chi connectivity index (χ3v) is 5.20. The van der Waals surface area contributed by atoms with Crippen LogP contribution in [0.3, 0.4) is 0 Å². The molecule has 19 heavy (non-hydrogen) atoms. The monoisotopic (exact) mass is 313 g/mol. The molecule has 0 aliphatic heterocycles. The van der Waals surface area contributed by atoms with Gasteiger partial charge < -0.3 is 5.32 Å². The van der Waals surface area contributed by atoms with Crippen molar-refractivity contribution in [2.75, 3.05) is 6.54 Å². The highest BCUT2D eigenvalue weighted by atomic mass is 35.5. The predicted octanol–water partition coefficient (Wildman–Crippen LogP) is 5.12. The van der Waals surface area contributed by atoms with Gasteiger partial charge in [-0.3, -0.25) is 0 Å². The SMILES string of the molecule is CC(C)(CNCc1cccc(Cl)c1Cl)c1cccs1. The number of rotatable bonds is 5. The van der Waals surface area contributed by atoms with Gasteiger partial charge in [-0.15, -0.1) is 11.3 Å². The summed E-state index contributed by atoms with van der Waals surface area (Å²) in [7, 11) is 0. The Kier molecular flexibility index (Phi) is 4.91. The number of nitrogens with one attached hydrogen (secondary N) is 1. The van der Waals surface area contributed by atoms with Gasteiger partial charge in [0.2, 0.25) is 0 Å². The van der Waals surface area contributed by atoms with E-state index in [2.05, 4.69) is 36.7 Å². The van der Waals surface area contributed by atoms with E-state index in [9.17, 15) is 0 Å². The van der Waals surface area contributed by atoms with Crippen LogP contribution in [0.2, 0.25) is 10.0 Å². The first-order valence-electron chi connectivity index (χ1n) is 6.18. The molecule has 2 rings (SSSR count). The highest BCUT2D eigenvalue weighted by Crippen LogP contribution is 2.28. The molecule has 102 valence electrons. The fraction of sp³-hybridized carbons (Fsp3) is 0.333. The van der Waals surface area contributed by atoms with Crippen LogP contribution >= 0.6 is 34.5 Å². The summed E-state index contributed by atoms with van der Waals surface area (Å²) >= 11 is 14.0. The first-order chi connectivity index (χ1) is 9.00. The second-order valence-electron chi connectivity index (χ2n) is 5.18. The van der Waals surface area contributed by atoms with Crippen molar-refractivity contribution in [3.63, 3.8) is 0 Å². The van der Waals surface area contributed by atoms with Gasteiger partial charge in [0.05, 0.1) is 10.0 Å². The summed E-state index contributed by atoms with van der Waals surface area (Å²) in [6.07, 6.45) is 0. The van der Waals surface area contributed by atoms with Crippen LogP contribution in [0.1, 0.15) is 24.3 Å². The Morgan fingerprint density at radius 2 is 1.95 bits per heavy atom. The molecule has 0 radical (unpaired) electrons. The van der Waals surface area contributed by atoms with Crippen LogP contribution in [-0.2, 0) is 12.0 Å². The van der Waals surface area contributed by atoms with Gasteiger partial charge in [-0.25, -0.2) is 0 Å². The minimum Gasteiger partial charge on any atom is -0.312 e. The third kappa shape index (κ3) is 3.73. The summed E-state index contributed by atoms with van der Waals surface area (Å²) < 4.78 is 0. The molecule has 0 saturated carbocycles. The molecule has 0 saturated heterocycles. The summed E-state index contributed by atoms with van der Waals surface area (Å²) in [5.74, 6) is 0. The van der Waals surface area contributed by atoms with E-state index in [0.717, 1.165) is 18.7 Å². The Morgan fingerprint density at radius 1 is 1.16 bits per heavy atom. The van der Waals surface area contributed by atoms with Gasteiger partial charge in [-0.1, -0.05) is 55.2 Å². The molecule has 2 aromatic rings. The van der Waals surface area contributed by atoms with Crippen molar-refractivity contribution < 1.29 is 0 Å². The molecule has 4 heteroatoms. The number of hydrogen-bond acceptors (Lipinski definition) is 2. The maximum atomic E-state index is 6.17. The van der Waals surface area contributed by atoms with Gasteiger partial charge >= 0.3 is 0 Å². The maximum absolute atomic E-state index is 6.17. The van der Waals surface area contributed by atoms with Crippen LogP contribution in [0.25, 0.3) is 0 Å². The Balaban J connectivity index is 1.95. The predicted molar refractivity (Wildman–Crippen MR) is 85.5 cm³/mol. The largest absolute Gasteiger partial charge is 0.312 e. The van der Waals surface area contributed by atoms with Crippen molar-refractivity contribution in [2.24, 2.45) is 0 Å². The van der Waals surface area contributed by atoms with Gasteiger partial charge in [0.1, 0.15) is 0 Å². The average Bonchev–Trinajstić information content (AvgIpc) is 2.89. The first kappa shape index (κ1) is 14.9. The smallest absolute Gasteiger partial charge is 0.0637 e. The van der Waals surface area contributed by atoms with Crippen molar-refractivity contribution in [1.82, 2.24) is 5.32 Å². The summed E-state index contributed by atoms with van der Waals surface area (Å²) in [5, 5.41) is 6.83. The molecule has 0 amide bonds. The summed E-state index contributed by atoms with van der Waals surface area (Å²) in [6.45, 7) is 6.11. The van der Waals surface area contributed by atoms with Gasteiger partial charge in [0.15, 0.2) is 0 Å². The molecular weight excluding hydrogens is 297 g/mol. The Hall–Kier alpha value is -0.540. The number of halogens is 2. The lowest BCUT2D eigenvalue weighted by atomic mass is 9.91. The fourth-order valence-electron chi connectivity index (χ4n) is 1.95. The second kappa shape index (κ2) is 6.27. The lowest BCUT2D eigenvalue weighted by Gasteiger charge is -2.24. The van der Waals surface area contributed by atoms with Crippen LogP contribution in [-0.4, -0.2) is 6.54 Å². The van der Waals surface area contributed by atoms with Crippen LogP contribution in [0.15, 0.2) is 35.7 Å². The molecule has 0 aliphatic rings. The lowest BCUT2D eigenvalue weighted by molar-refractivity contribution is 0.477. The Bertz CT molecular complexity index is 535. The minimum atomic E-state index is 0.124. The molecule has 0 spiro atoms. The zero-order valence-corrected chi connectivity index (χ0v) is 13.4. The zero-order valence-electron chi connectivity index (χ0n) is 11.0. The molecule has 0 unspecified atom stereocenters. The van der Waals surface area contributed by atoms with Crippen LogP contribution < -0.4 is 5.32 Å². The van der Waals surface area contributed by atoms with E-state index in [-0.39, 0.29) is 5.41 Å². The average molecular weight is 314 g/mol. The molecule has 0 atom stereocenters. The van der Waals surface area contributed by atoms with Gasteiger partial charge in [-0.2, -0.15) is 0 Å². The van der Waals surface area contributed by atoms with Crippen molar-refractivity contribution in [3.8, 4) is 0 Å². The molecule has 0 fully saturated rings. The van der Waals surface area contributed by atoms with Gasteiger partial charge in [0, 0.05) is 23.4 Å². The van der Waals surface area contributed by atoms with Crippen molar-refractivity contribution in [3.05, 3.63) is 56.2 Å². The Morgan fingerprint density at radius 3 is 2.63 bits per heavy atom. The van der Waals surface area contributed by atoms with Crippen molar-refractivity contribution >= 4 is 34.5 Å². The van der Waals surface area contributed by atoms with E-state index < -0.39 is 0 Å². The van der Waals surface area contributed by atoms with E-state index in [4.69, 9.17) is 23.2 Å². The zero-order chi connectivity index (χ0) is 13.9. The van der Waals surface area contributed by atoms with Gasteiger partial charge in [-0.05, 0) is 23.1 Å². The first-order valence-corrected chi connectivity index (χ1v) is 7.82. The molecule has 1 nitrogen and oxygen atoms in total.